The number of nitrogens with zero attached hydrogens (tertiary/aromatic N) is 1. The van der Waals surface area contributed by atoms with Crippen molar-refractivity contribution in [3.8, 4) is 0 Å². The first kappa shape index (κ1) is 33.4. The van der Waals surface area contributed by atoms with Gasteiger partial charge in [0.05, 0.1) is 32.7 Å². The Balaban J connectivity index is 3.93. The topological polar surface area (TPSA) is 34.0 Å². The van der Waals surface area contributed by atoms with Gasteiger partial charge in [0.1, 0.15) is 0 Å². The minimum absolute atomic E-state index is 0.00411. The second-order valence-electron chi connectivity index (χ2n) is 10.4. The molecule has 0 heterocycles. The fourth-order valence-corrected chi connectivity index (χ4v) is 4.60. The van der Waals surface area contributed by atoms with Crippen LogP contribution in [0, 0.1) is 0 Å². The maximum atomic E-state index is 12.2. The third-order valence-electron chi connectivity index (χ3n) is 6.99. The Bertz CT molecular complexity index is 409. The first-order valence-corrected chi connectivity index (χ1v) is 15.4. The van der Waals surface area contributed by atoms with E-state index in [0.29, 0.717) is 13.0 Å². The lowest BCUT2D eigenvalue weighted by Crippen LogP contribution is -3.12. The van der Waals surface area contributed by atoms with Crippen molar-refractivity contribution in [3.05, 3.63) is 0 Å². The van der Waals surface area contributed by atoms with Crippen molar-refractivity contribution in [2.75, 3.05) is 45.9 Å². The monoisotopic (exact) mass is 483 g/mol. The molecule has 0 atom stereocenters. The van der Waals surface area contributed by atoms with Crippen LogP contribution in [0.2, 0.25) is 0 Å². The summed E-state index contributed by atoms with van der Waals surface area (Å²) in [5.74, 6) is -0.00411. The van der Waals surface area contributed by atoms with E-state index in [-0.39, 0.29) is 5.97 Å². The van der Waals surface area contributed by atoms with Crippen LogP contribution in [0.15, 0.2) is 0 Å². The van der Waals surface area contributed by atoms with Crippen molar-refractivity contribution in [2.45, 2.75) is 143 Å². The normalized spacial score (nSPS) is 11.6. The Labute approximate surface area is 214 Å². The van der Waals surface area contributed by atoms with Gasteiger partial charge >= 0.3 is 5.97 Å². The molecular weight excluding hydrogens is 420 g/mol. The van der Waals surface area contributed by atoms with Crippen LogP contribution in [0.5, 0.6) is 0 Å². The van der Waals surface area contributed by atoms with Gasteiger partial charge in [0, 0.05) is 19.5 Å². The molecule has 0 saturated carbocycles. The summed E-state index contributed by atoms with van der Waals surface area (Å²) in [5, 5.41) is 0. The molecule has 0 rings (SSSR count). The van der Waals surface area contributed by atoms with Crippen LogP contribution in [-0.4, -0.2) is 56.7 Å². The lowest BCUT2D eigenvalue weighted by atomic mass is 10.1. The molecule has 0 fully saturated rings. The number of carbonyl (C=O) groups excluding carboxylic acids is 1. The SMILES string of the molecule is CCCCCCCCCCCCOC(=O)CCN(CCCC)CCC[NH+](CCCC)CCCC. The summed E-state index contributed by atoms with van der Waals surface area (Å²) in [7, 11) is 0. The van der Waals surface area contributed by atoms with Gasteiger partial charge in [-0.05, 0) is 32.2 Å². The van der Waals surface area contributed by atoms with Gasteiger partial charge in [-0.25, -0.2) is 0 Å². The molecular formula is C30H63N2O2+. The molecule has 0 aromatic rings. The van der Waals surface area contributed by atoms with Gasteiger partial charge in [-0.1, -0.05) is 105 Å². The predicted molar refractivity (Wildman–Crippen MR) is 149 cm³/mol. The van der Waals surface area contributed by atoms with Crippen LogP contribution >= 0.6 is 0 Å². The molecule has 0 radical (unpaired) electrons. The molecule has 0 aromatic heterocycles. The third kappa shape index (κ3) is 23.1. The van der Waals surface area contributed by atoms with Crippen molar-refractivity contribution in [1.29, 1.82) is 0 Å². The van der Waals surface area contributed by atoms with E-state index in [0.717, 1.165) is 26.1 Å². The summed E-state index contributed by atoms with van der Waals surface area (Å²) in [5.41, 5.74) is 0. The van der Waals surface area contributed by atoms with Crippen molar-refractivity contribution in [1.82, 2.24) is 4.90 Å². The molecule has 4 heteroatoms. The van der Waals surface area contributed by atoms with Crippen LogP contribution in [0.1, 0.15) is 143 Å². The Morgan fingerprint density at radius 1 is 0.559 bits per heavy atom. The van der Waals surface area contributed by atoms with Gasteiger partial charge in [0.2, 0.25) is 0 Å². The molecule has 0 spiro atoms. The predicted octanol–water partition coefficient (Wildman–Crippen LogP) is 6.82. The summed E-state index contributed by atoms with van der Waals surface area (Å²) in [6.45, 7) is 16.7. The maximum absolute atomic E-state index is 12.2. The molecule has 0 aromatic carbocycles. The fraction of sp³-hybridized carbons (Fsp3) is 0.967. The van der Waals surface area contributed by atoms with E-state index in [2.05, 4.69) is 32.6 Å². The van der Waals surface area contributed by atoms with Gasteiger partial charge in [0.15, 0.2) is 0 Å². The maximum Gasteiger partial charge on any atom is 0.307 e. The number of quaternary nitrogens is 1. The van der Waals surface area contributed by atoms with Crippen LogP contribution in [0.4, 0.5) is 0 Å². The molecule has 0 aliphatic heterocycles. The first-order chi connectivity index (χ1) is 16.7. The number of ether oxygens (including phenoxy) is 1. The zero-order valence-corrected chi connectivity index (χ0v) is 23.9. The number of hydrogen-bond acceptors (Lipinski definition) is 3. The van der Waals surface area contributed by atoms with E-state index >= 15 is 0 Å². The third-order valence-corrected chi connectivity index (χ3v) is 6.99. The Hall–Kier alpha value is -0.610. The minimum Gasteiger partial charge on any atom is -0.466 e. The van der Waals surface area contributed by atoms with Gasteiger partial charge < -0.3 is 14.5 Å². The van der Waals surface area contributed by atoms with Gasteiger partial charge in [-0.3, -0.25) is 4.79 Å². The van der Waals surface area contributed by atoms with E-state index < -0.39 is 0 Å². The summed E-state index contributed by atoms with van der Waals surface area (Å²) < 4.78 is 5.53. The molecule has 0 unspecified atom stereocenters. The average Bonchev–Trinajstić information content (AvgIpc) is 2.85. The second kappa shape index (κ2) is 27.0. The Morgan fingerprint density at radius 3 is 1.59 bits per heavy atom. The smallest absolute Gasteiger partial charge is 0.307 e. The molecule has 0 amide bonds. The lowest BCUT2D eigenvalue weighted by molar-refractivity contribution is -0.900. The lowest BCUT2D eigenvalue weighted by Gasteiger charge is -2.24. The van der Waals surface area contributed by atoms with Gasteiger partial charge in [0.25, 0.3) is 0 Å². The summed E-state index contributed by atoms with van der Waals surface area (Å²) in [6.07, 6.45) is 22.6. The second-order valence-corrected chi connectivity index (χ2v) is 10.4. The highest BCUT2D eigenvalue weighted by molar-refractivity contribution is 5.69. The van der Waals surface area contributed by atoms with E-state index in [1.807, 2.05) is 0 Å². The van der Waals surface area contributed by atoms with Crippen LogP contribution in [0.25, 0.3) is 0 Å². The molecule has 34 heavy (non-hydrogen) atoms. The first-order valence-electron chi connectivity index (χ1n) is 15.4. The van der Waals surface area contributed by atoms with Crippen LogP contribution in [-0.2, 0) is 9.53 Å². The van der Waals surface area contributed by atoms with Gasteiger partial charge in [-0.15, -0.1) is 0 Å². The van der Waals surface area contributed by atoms with Crippen molar-refractivity contribution < 1.29 is 14.4 Å². The molecule has 0 saturated heterocycles. The molecule has 204 valence electrons. The number of nitrogens with one attached hydrogen (secondary N) is 1. The van der Waals surface area contributed by atoms with Gasteiger partial charge in [-0.2, -0.15) is 0 Å². The van der Waals surface area contributed by atoms with Crippen LogP contribution < -0.4 is 4.90 Å². The molecule has 0 aliphatic rings. The largest absolute Gasteiger partial charge is 0.466 e. The van der Waals surface area contributed by atoms with Crippen molar-refractivity contribution >= 4 is 5.97 Å². The summed E-state index contributed by atoms with van der Waals surface area (Å²) in [4.78, 5) is 16.5. The Kier molecular flexibility index (Phi) is 26.5. The van der Waals surface area contributed by atoms with Crippen LogP contribution in [0.3, 0.4) is 0 Å². The van der Waals surface area contributed by atoms with E-state index in [4.69, 9.17) is 4.74 Å². The van der Waals surface area contributed by atoms with E-state index in [1.54, 1.807) is 4.90 Å². The standard InChI is InChI=1S/C30H62N2O2/c1-5-9-13-14-15-16-17-18-19-20-29-34-30(33)22-28-32(25-12-8-4)27-21-26-31(23-10-6-2)24-11-7-3/h5-29H2,1-4H3/p+1. The molecule has 4 nitrogen and oxygen atoms in total. The van der Waals surface area contributed by atoms with Crippen molar-refractivity contribution in [2.24, 2.45) is 0 Å². The quantitative estimate of drug-likeness (QED) is 0.103. The Morgan fingerprint density at radius 2 is 1.03 bits per heavy atom. The fourth-order valence-electron chi connectivity index (χ4n) is 4.60. The number of hydrogen-bond donors (Lipinski definition) is 1. The number of carbonyl (C=O) groups is 1. The molecule has 1 N–H and O–H groups in total. The van der Waals surface area contributed by atoms with E-state index in [9.17, 15) is 4.79 Å². The van der Waals surface area contributed by atoms with Crippen molar-refractivity contribution in [3.63, 3.8) is 0 Å². The minimum atomic E-state index is -0.00411. The zero-order chi connectivity index (χ0) is 25.1. The molecule has 0 aliphatic carbocycles. The highest BCUT2D eigenvalue weighted by atomic mass is 16.5. The highest BCUT2D eigenvalue weighted by Gasteiger charge is 2.12. The van der Waals surface area contributed by atoms with E-state index in [1.165, 1.54) is 122 Å². The zero-order valence-electron chi connectivity index (χ0n) is 23.9. The number of rotatable bonds is 27. The number of esters is 1. The summed E-state index contributed by atoms with van der Waals surface area (Å²) >= 11 is 0. The average molecular weight is 484 g/mol. The highest BCUT2D eigenvalue weighted by Crippen LogP contribution is 2.10. The molecule has 0 bridgehead atoms. The summed E-state index contributed by atoms with van der Waals surface area (Å²) in [6, 6.07) is 0. The number of unbranched alkanes of at least 4 members (excludes halogenated alkanes) is 12.